The van der Waals surface area contributed by atoms with Crippen LogP contribution >= 0.6 is 0 Å². The van der Waals surface area contributed by atoms with Crippen molar-refractivity contribution in [2.75, 3.05) is 35.3 Å². The molecular weight excluding hydrogens is 455 g/mol. The predicted molar refractivity (Wildman–Crippen MR) is 118 cm³/mol. The van der Waals surface area contributed by atoms with Crippen LogP contribution in [-0.2, 0) is 4.79 Å². The third-order valence-corrected chi connectivity index (χ3v) is 5.98. The molecule has 4 rings (SSSR count). The zero-order valence-corrected chi connectivity index (χ0v) is 18.6. The van der Waals surface area contributed by atoms with E-state index in [0.717, 1.165) is 29.9 Å². The molecule has 1 fully saturated rings. The van der Waals surface area contributed by atoms with Gasteiger partial charge in [-0.1, -0.05) is 12.8 Å². The number of carbonyl (C=O) groups is 2. The average Bonchev–Trinajstić information content (AvgIpc) is 3.30. The smallest absolute Gasteiger partial charge is 0.342 e. The highest BCUT2D eigenvalue weighted by Gasteiger charge is 2.48. The van der Waals surface area contributed by atoms with Crippen LogP contribution in [0.4, 0.5) is 36.3 Å². The minimum Gasteiger partial charge on any atom is -0.492 e. The number of hydrogen-bond acceptors (Lipinski definition) is 7. The SMILES string of the molecule is CCOc1cc(C(=O)O)c(F)cc1Nc1ncc2c(n1)N(C1CCCC1)CC(F)(F)C(=O)N2C. The molecule has 1 aliphatic carbocycles. The van der Waals surface area contributed by atoms with E-state index in [1.807, 2.05) is 0 Å². The first-order valence-corrected chi connectivity index (χ1v) is 10.9. The van der Waals surface area contributed by atoms with Crippen LogP contribution in [0.1, 0.15) is 43.0 Å². The van der Waals surface area contributed by atoms with Crippen molar-refractivity contribution in [3.8, 4) is 5.75 Å². The number of nitrogens with one attached hydrogen (secondary N) is 1. The maximum atomic E-state index is 14.7. The summed E-state index contributed by atoms with van der Waals surface area (Å²) in [5, 5.41) is 12.0. The van der Waals surface area contributed by atoms with Gasteiger partial charge in [0.1, 0.15) is 17.3 Å². The van der Waals surface area contributed by atoms with Crippen molar-refractivity contribution in [3.63, 3.8) is 0 Å². The number of alkyl halides is 2. The van der Waals surface area contributed by atoms with Crippen molar-refractivity contribution in [1.29, 1.82) is 0 Å². The average molecular weight is 479 g/mol. The molecule has 2 aliphatic rings. The summed E-state index contributed by atoms with van der Waals surface area (Å²) in [6, 6.07) is 1.78. The lowest BCUT2D eigenvalue weighted by Gasteiger charge is -2.31. The molecule has 1 aromatic heterocycles. The lowest BCUT2D eigenvalue weighted by atomic mass is 10.1. The molecule has 0 unspecified atom stereocenters. The van der Waals surface area contributed by atoms with Gasteiger partial charge in [-0.3, -0.25) is 4.79 Å². The van der Waals surface area contributed by atoms with E-state index in [9.17, 15) is 27.9 Å². The number of anilines is 4. The van der Waals surface area contributed by atoms with Gasteiger partial charge in [0, 0.05) is 19.2 Å². The highest BCUT2D eigenvalue weighted by atomic mass is 19.3. The number of hydrogen-bond donors (Lipinski definition) is 2. The predicted octanol–water partition coefficient (Wildman–Crippen LogP) is 3.82. The van der Waals surface area contributed by atoms with Gasteiger partial charge in [-0.25, -0.2) is 14.2 Å². The molecule has 182 valence electrons. The Balaban J connectivity index is 1.76. The second-order valence-electron chi connectivity index (χ2n) is 8.23. The number of fused-ring (bicyclic) bond motifs is 1. The zero-order chi connectivity index (χ0) is 24.6. The Morgan fingerprint density at radius 2 is 2.03 bits per heavy atom. The normalized spacial score (nSPS) is 18.0. The summed E-state index contributed by atoms with van der Waals surface area (Å²) in [5.74, 6) is -7.22. The molecule has 1 saturated carbocycles. The van der Waals surface area contributed by atoms with Crippen LogP contribution in [0.5, 0.6) is 5.75 Å². The van der Waals surface area contributed by atoms with Gasteiger partial charge in [0.25, 0.3) is 5.91 Å². The van der Waals surface area contributed by atoms with Crippen LogP contribution < -0.4 is 19.9 Å². The van der Waals surface area contributed by atoms with Crippen molar-refractivity contribution in [1.82, 2.24) is 9.97 Å². The minimum atomic E-state index is -3.61. The molecule has 0 radical (unpaired) electrons. The lowest BCUT2D eigenvalue weighted by Crippen LogP contribution is -2.48. The summed E-state index contributed by atoms with van der Waals surface area (Å²) in [7, 11) is 1.25. The zero-order valence-electron chi connectivity index (χ0n) is 18.6. The van der Waals surface area contributed by atoms with Crippen LogP contribution in [0.3, 0.4) is 0 Å². The number of halogens is 3. The van der Waals surface area contributed by atoms with E-state index in [2.05, 4.69) is 15.3 Å². The lowest BCUT2D eigenvalue weighted by molar-refractivity contribution is -0.140. The van der Waals surface area contributed by atoms with Gasteiger partial charge in [0.2, 0.25) is 5.95 Å². The van der Waals surface area contributed by atoms with Crippen molar-refractivity contribution < 1.29 is 32.6 Å². The van der Waals surface area contributed by atoms with Gasteiger partial charge >= 0.3 is 11.9 Å². The van der Waals surface area contributed by atoms with Crippen LogP contribution in [0, 0.1) is 5.82 Å². The quantitative estimate of drug-likeness (QED) is 0.644. The summed E-state index contributed by atoms with van der Waals surface area (Å²) >= 11 is 0. The fraction of sp³-hybridized carbons (Fsp3) is 0.455. The fourth-order valence-corrected chi connectivity index (χ4v) is 4.31. The molecule has 2 aromatic rings. The summed E-state index contributed by atoms with van der Waals surface area (Å²) in [5.41, 5.74) is -0.358. The number of carboxylic acids is 1. The van der Waals surface area contributed by atoms with Gasteiger partial charge < -0.3 is 25.0 Å². The molecule has 0 saturated heterocycles. The van der Waals surface area contributed by atoms with Crippen LogP contribution in [0.2, 0.25) is 0 Å². The van der Waals surface area contributed by atoms with Crippen LogP contribution in [0.15, 0.2) is 18.3 Å². The first kappa shape index (κ1) is 23.6. The van der Waals surface area contributed by atoms with Gasteiger partial charge in [-0.15, -0.1) is 0 Å². The number of benzene rings is 1. The molecule has 0 atom stereocenters. The molecule has 2 heterocycles. The highest BCUT2D eigenvalue weighted by Crippen LogP contribution is 2.40. The Morgan fingerprint density at radius 1 is 1.32 bits per heavy atom. The largest absolute Gasteiger partial charge is 0.492 e. The number of ether oxygens (including phenoxy) is 1. The Hall–Kier alpha value is -3.57. The number of amides is 1. The van der Waals surface area contributed by atoms with E-state index in [4.69, 9.17) is 4.74 Å². The molecule has 1 aromatic carbocycles. The first-order valence-electron chi connectivity index (χ1n) is 10.9. The minimum absolute atomic E-state index is 0.0451. The Morgan fingerprint density at radius 3 is 2.68 bits per heavy atom. The maximum absolute atomic E-state index is 14.7. The third kappa shape index (κ3) is 4.31. The third-order valence-electron chi connectivity index (χ3n) is 5.98. The number of carbonyl (C=O) groups excluding carboxylic acids is 1. The van der Waals surface area contributed by atoms with Gasteiger partial charge in [0.05, 0.1) is 30.6 Å². The molecule has 0 spiro atoms. The standard InChI is InChI=1S/C22H24F3N5O4/c1-3-34-17-8-13(19(31)32)14(23)9-15(17)27-21-26-10-16-18(28-21)30(12-6-4-5-7-12)11-22(24,25)20(33)29(16)2/h8-10,12H,3-7,11H2,1-2H3,(H,31,32)(H,26,27,28). The van der Waals surface area contributed by atoms with Gasteiger partial charge in [0.15, 0.2) is 5.82 Å². The highest BCUT2D eigenvalue weighted by molar-refractivity contribution is 6.02. The Bertz CT molecular complexity index is 1120. The summed E-state index contributed by atoms with van der Waals surface area (Å²) in [6.07, 6.45) is 4.41. The summed E-state index contributed by atoms with van der Waals surface area (Å²) < 4.78 is 49.2. The monoisotopic (exact) mass is 479 g/mol. The summed E-state index contributed by atoms with van der Waals surface area (Å²) in [6.45, 7) is 1.05. The van der Waals surface area contributed by atoms with Crippen molar-refractivity contribution in [2.45, 2.75) is 44.6 Å². The van der Waals surface area contributed by atoms with Crippen LogP contribution in [-0.4, -0.2) is 59.1 Å². The topological polar surface area (TPSA) is 108 Å². The number of aromatic carboxylic acids is 1. The van der Waals surface area contributed by atoms with Crippen molar-refractivity contribution in [2.24, 2.45) is 0 Å². The number of rotatable bonds is 6. The van der Waals surface area contributed by atoms with E-state index in [0.29, 0.717) is 12.8 Å². The molecule has 1 aliphatic heterocycles. The van der Waals surface area contributed by atoms with E-state index in [-0.39, 0.29) is 41.5 Å². The van der Waals surface area contributed by atoms with E-state index in [1.54, 1.807) is 6.92 Å². The Labute approximate surface area is 193 Å². The molecule has 9 nitrogen and oxygen atoms in total. The number of nitrogens with zero attached hydrogens (tertiary/aromatic N) is 4. The van der Waals surface area contributed by atoms with Crippen molar-refractivity contribution >= 4 is 35.0 Å². The van der Waals surface area contributed by atoms with E-state index in [1.165, 1.54) is 18.1 Å². The molecule has 1 amide bonds. The van der Waals surface area contributed by atoms with Gasteiger partial charge in [-0.05, 0) is 25.8 Å². The second kappa shape index (κ2) is 8.99. The molecular formula is C22H24F3N5O4. The molecule has 0 bridgehead atoms. The van der Waals surface area contributed by atoms with E-state index >= 15 is 0 Å². The van der Waals surface area contributed by atoms with Crippen LogP contribution in [0.25, 0.3) is 0 Å². The number of aromatic nitrogens is 2. The second-order valence-corrected chi connectivity index (χ2v) is 8.23. The Kier molecular flexibility index (Phi) is 6.24. The maximum Gasteiger partial charge on any atom is 0.342 e. The van der Waals surface area contributed by atoms with Crippen molar-refractivity contribution in [3.05, 3.63) is 29.7 Å². The first-order chi connectivity index (χ1) is 16.1. The number of carboxylic acid groups (broad SMARTS) is 1. The molecule has 12 heteroatoms. The summed E-state index contributed by atoms with van der Waals surface area (Å²) in [4.78, 5) is 34.5. The van der Waals surface area contributed by atoms with Gasteiger partial charge in [-0.2, -0.15) is 13.8 Å². The molecule has 34 heavy (non-hydrogen) atoms. The molecule has 2 N–H and O–H groups in total. The fourth-order valence-electron chi connectivity index (χ4n) is 4.31. The van der Waals surface area contributed by atoms with E-state index < -0.39 is 35.7 Å².